The second-order valence-corrected chi connectivity index (χ2v) is 12.8. The number of hydrogen-bond acceptors (Lipinski definition) is 7. The van der Waals surface area contributed by atoms with Crippen LogP contribution in [0.2, 0.25) is 0 Å². The molecule has 7 heterocycles. The van der Waals surface area contributed by atoms with E-state index < -0.39 is 0 Å². The van der Waals surface area contributed by atoms with Crippen molar-refractivity contribution in [1.82, 2.24) is 19.9 Å². The van der Waals surface area contributed by atoms with E-state index >= 15 is 0 Å². The first-order valence-electron chi connectivity index (χ1n) is 14.7. The van der Waals surface area contributed by atoms with Crippen molar-refractivity contribution in [2.24, 2.45) is 0 Å². The zero-order valence-corrected chi connectivity index (χ0v) is 32.5. The maximum absolute atomic E-state index is 4.59. The number of thiophene rings is 3. The predicted molar refractivity (Wildman–Crippen MR) is 196 cm³/mol. The maximum atomic E-state index is 4.59. The summed E-state index contributed by atoms with van der Waals surface area (Å²) < 4.78 is 5.34. The zero-order valence-electron chi connectivity index (χ0n) is 25.5. The molecule has 0 spiro atoms. The van der Waals surface area contributed by atoms with Crippen LogP contribution in [0.3, 0.4) is 0 Å². The minimum Gasteiger partial charge on any atom is -0.295 e. The monoisotopic (exact) mass is 1050 g/mol. The van der Waals surface area contributed by atoms with E-state index in [2.05, 4.69) is 44.2 Å². The van der Waals surface area contributed by atoms with Crippen LogP contribution in [-0.2, 0) is 42.1 Å². The summed E-state index contributed by atoms with van der Waals surface area (Å²) in [4.78, 5) is 17.5. The molecule has 0 unspecified atom stereocenters. The molecule has 7 aromatic heterocycles. The Morgan fingerprint density at radius 3 is 1.45 bits per heavy atom. The fraction of sp³-hybridized carbons (Fsp3) is 0. The van der Waals surface area contributed by atoms with Gasteiger partial charge in [0, 0.05) is 66.4 Å². The van der Waals surface area contributed by atoms with Crippen LogP contribution in [0.5, 0.6) is 0 Å². The standard InChI is InChI=1S/C17H11N.C15H11N3.C8H2S3.2Pt/c1-2-7-14(8-3-1)15-9-6-10-16(13-15)17-11-4-5-12-18-17;1-3-10-16-12(6-1)14-8-5-9-15(18-14)13-7-2-4-11-17-13;1-3-9-7-5(1)11-6-2-4-10-8(6)7;;/h1-7,9-12H;1-11H;3-4H;;/q-2;;-2;;. The third-order valence-corrected chi connectivity index (χ3v) is 10.1. The molecule has 0 N–H and O–H groups in total. The van der Waals surface area contributed by atoms with Gasteiger partial charge in [0.25, 0.3) is 0 Å². The summed E-state index contributed by atoms with van der Waals surface area (Å²) in [6, 6.07) is 50.4. The summed E-state index contributed by atoms with van der Waals surface area (Å²) in [6.45, 7) is 0. The summed E-state index contributed by atoms with van der Waals surface area (Å²) in [6.07, 6.45) is 5.33. The molecule has 0 fully saturated rings. The fourth-order valence-corrected chi connectivity index (χ4v) is 7.97. The second-order valence-electron chi connectivity index (χ2n) is 9.99. The Kier molecular flexibility index (Phi) is 13.5. The smallest absolute Gasteiger partial charge is 0.0894 e. The van der Waals surface area contributed by atoms with Gasteiger partial charge in [0.15, 0.2) is 0 Å². The number of aromatic nitrogens is 4. The first kappa shape index (κ1) is 36.3. The quantitative estimate of drug-likeness (QED) is 0.165. The van der Waals surface area contributed by atoms with Gasteiger partial charge in [0.05, 0.1) is 22.8 Å². The van der Waals surface area contributed by atoms with Crippen LogP contribution in [0.4, 0.5) is 0 Å². The summed E-state index contributed by atoms with van der Waals surface area (Å²) in [5.74, 6) is 0. The molecule has 0 aliphatic heterocycles. The Morgan fingerprint density at radius 2 is 0.918 bits per heavy atom. The van der Waals surface area contributed by atoms with Crippen molar-refractivity contribution >= 4 is 52.8 Å². The number of benzene rings is 2. The zero-order chi connectivity index (χ0) is 31.7. The molecular formula is C40H24N4Pt2S3-4. The fourth-order valence-electron chi connectivity index (χ4n) is 4.70. The topological polar surface area (TPSA) is 51.6 Å². The van der Waals surface area contributed by atoms with E-state index in [1.54, 1.807) is 52.6 Å². The largest absolute Gasteiger partial charge is 0.295 e. The summed E-state index contributed by atoms with van der Waals surface area (Å²) in [5, 5.41) is 4.06. The molecule has 0 bridgehead atoms. The van der Waals surface area contributed by atoms with Crippen LogP contribution in [0.1, 0.15) is 0 Å². The number of nitrogens with zero attached hydrogens (tertiary/aromatic N) is 4. The number of hydrogen-bond donors (Lipinski definition) is 0. The average Bonchev–Trinajstić information content (AvgIpc) is 3.90. The average molecular weight is 1050 g/mol. The van der Waals surface area contributed by atoms with Crippen molar-refractivity contribution in [3.05, 3.63) is 169 Å². The third-order valence-electron chi connectivity index (χ3n) is 6.90. The van der Waals surface area contributed by atoms with Gasteiger partial charge in [-0.05, 0) is 42.5 Å². The molecule has 9 aromatic rings. The second kappa shape index (κ2) is 18.1. The Bertz CT molecular complexity index is 2040. The summed E-state index contributed by atoms with van der Waals surface area (Å²) >= 11 is 5.33. The maximum Gasteiger partial charge on any atom is 0.0894 e. The van der Waals surface area contributed by atoms with Crippen molar-refractivity contribution in [2.75, 3.05) is 0 Å². The molecule has 0 saturated heterocycles. The van der Waals surface area contributed by atoms with Gasteiger partial charge in [0.1, 0.15) is 0 Å². The van der Waals surface area contributed by atoms with Gasteiger partial charge in [-0.3, -0.25) is 37.6 Å². The van der Waals surface area contributed by atoms with Crippen LogP contribution in [0.25, 0.3) is 64.0 Å². The van der Waals surface area contributed by atoms with Gasteiger partial charge in [-0.25, -0.2) is 34.0 Å². The molecule has 49 heavy (non-hydrogen) atoms. The Hall–Kier alpha value is -3.96. The van der Waals surface area contributed by atoms with E-state index in [0.29, 0.717) is 0 Å². The number of pyridine rings is 4. The SMILES string of the molecule is [Pt].[Pt].[c-]1ccccc1-c1[c-]c(-c2ccccn2)ccc1.[c-]1csc2c1sc1[c-]csc12.c1ccc(-c2cccc(-c3ccccn3)n2)nc1. The van der Waals surface area contributed by atoms with E-state index in [-0.39, 0.29) is 42.1 Å². The van der Waals surface area contributed by atoms with Gasteiger partial charge >= 0.3 is 0 Å². The first-order valence-corrected chi connectivity index (χ1v) is 17.3. The van der Waals surface area contributed by atoms with Crippen LogP contribution in [0, 0.1) is 24.3 Å². The van der Waals surface area contributed by atoms with Gasteiger partial charge in [-0.15, -0.1) is 43.9 Å². The van der Waals surface area contributed by atoms with Gasteiger partial charge in [-0.2, -0.15) is 51.4 Å². The molecule has 2 aromatic carbocycles. The van der Waals surface area contributed by atoms with Gasteiger partial charge in [0.2, 0.25) is 0 Å². The molecule has 4 nitrogen and oxygen atoms in total. The molecule has 0 aliphatic rings. The van der Waals surface area contributed by atoms with Crippen LogP contribution in [-0.4, -0.2) is 19.9 Å². The molecule has 0 radical (unpaired) electrons. The van der Waals surface area contributed by atoms with Crippen molar-refractivity contribution in [3.63, 3.8) is 0 Å². The molecule has 0 aliphatic carbocycles. The predicted octanol–water partition coefficient (Wildman–Crippen LogP) is 11.0. The first-order chi connectivity index (χ1) is 23.3. The van der Waals surface area contributed by atoms with E-state index in [1.807, 2.05) is 126 Å². The molecule has 0 amide bonds. The van der Waals surface area contributed by atoms with Crippen LogP contribution < -0.4 is 0 Å². The molecule has 0 atom stereocenters. The molecule has 246 valence electrons. The molecule has 9 heteroatoms. The minimum atomic E-state index is 0. The Morgan fingerprint density at radius 1 is 0.429 bits per heavy atom. The third kappa shape index (κ3) is 9.19. The van der Waals surface area contributed by atoms with E-state index in [1.165, 1.54) is 18.8 Å². The molecular weight excluding hydrogens is 1020 g/mol. The molecule has 0 saturated carbocycles. The van der Waals surface area contributed by atoms with E-state index in [4.69, 9.17) is 0 Å². The van der Waals surface area contributed by atoms with Gasteiger partial charge in [-0.1, -0.05) is 30.3 Å². The van der Waals surface area contributed by atoms with E-state index in [9.17, 15) is 0 Å². The number of rotatable bonds is 4. The summed E-state index contributed by atoms with van der Waals surface area (Å²) in [5.41, 5.74) is 7.50. The van der Waals surface area contributed by atoms with Crippen molar-refractivity contribution in [2.45, 2.75) is 0 Å². The summed E-state index contributed by atoms with van der Waals surface area (Å²) in [7, 11) is 0. The van der Waals surface area contributed by atoms with E-state index in [0.717, 1.165) is 45.2 Å². The van der Waals surface area contributed by atoms with Crippen molar-refractivity contribution in [1.29, 1.82) is 0 Å². The Labute approximate surface area is 326 Å². The Balaban J connectivity index is 0.000000144. The number of fused-ring (bicyclic) bond motifs is 3. The van der Waals surface area contributed by atoms with Crippen LogP contribution in [0.15, 0.2) is 145 Å². The molecule has 9 rings (SSSR count). The normalized spacial score (nSPS) is 10.1. The van der Waals surface area contributed by atoms with Crippen molar-refractivity contribution in [3.8, 4) is 45.2 Å². The minimum absolute atomic E-state index is 0. The van der Waals surface area contributed by atoms with Gasteiger partial charge < -0.3 is 0 Å². The van der Waals surface area contributed by atoms with Crippen molar-refractivity contribution < 1.29 is 42.1 Å². The van der Waals surface area contributed by atoms with Crippen LogP contribution >= 0.6 is 34.0 Å².